The Morgan fingerprint density at radius 1 is 1.20 bits per heavy atom. The highest BCUT2D eigenvalue weighted by Gasteiger charge is 2.63. The minimum atomic E-state index is -1.22. The molecule has 7 atom stereocenters. The Bertz CT molecular complexity index is 701. The second-order valence-corrected chi connectivity index (χ2v) is 9.82. The molecule has 0 saturated carbocycles. The van der Waals surface area contributed by atoms with Gasteiger partial charge in [0.1, 0.15) is 35.4 Å². The maximum atomic E-state index is 12.5. The van der Waals surface area contributed by atoms with E-state index in [0.29, 0.717) is 5.17 Å². The highest BCUT2D eigenvalue weighted by atomic mass is 32.2. The average molecular weight is 449 g/mol. The maximum absolute atomic E-state index is 12.5. The van der Waals surface area contributed by atoms with Gasteiger partial charge in [0.05, 0.1) is 6.61 Å². The van der Waals surface area contributed by atoms with E-state index in [1.807, 2.05) is 0 Å². The first-order chi connectivity index (χ1) is 13.9. The number of amides is 1. The molecule has 10 nitrogen and oxygen atoms in total. The van der Waals surface area contributed by atoms with Gasteiger partial charge in [0, 0.05) is 21.3 Å². The van der Waals surface area contributed by atoms with Gasteiger partial charge in [-0.1, -0.05) is 11.8 Å². The molecule has 0 bridgehead atoms. The Labute approximate surface area is 181 Å². The number of fused-ring (bicyclic) bond motifs is 3. The van der Waals surface area contributed by atoms with Gasteiger partial charge in [-0.05, 0) is 34.6 Å². The van der Waals surface area contributed by atoms with Crippen LogP contribution in [0, 0.1) is 0 Å². The van der Waals surface area contributed by atoms with Crippen molar-refractivity contribution in [2.45, 2.75) is 81.6 Å². The Kier molecular flexibility index (Phi) is 6.47. The molecule has 172 valence electrons. The monoisotopic (exact) mass is 448 g/mol. The lowest BCUT2D eigenvalue weighted by Gasteiger charge is -2.56. The maximum Gasteiger partial charge on any atom is 0.416 e. The SMILES string of the molecule is COC1(C)OC2C(CO)OC3SC(N(C)C(=O)OC(C)(C)C)=NC3C2OC1(C)OC. The Balaban J connectivity index is 1.87. The van der Waals surface area contributed by atoms with Crippen molar-refractivity contribution in [2.75, 3.05) is 27.9 Å². The first-order valence-electron chi connectivity index (χ1n) is 9.81. The Hall–Kier alpha value is -0.950. The van der Waals surface area contributed by atoms with E-state index in [0.717, 1.165) is 0 Å². The molecule has 0 aliphatic carbocycles. The van der Waals surface area contributed by atoms with Crippen LogP contribution >= 0.6 is 11.8 Å². The molecule has 1 N–H and O–H groups in total. The highest BCUT2D eigenvalue weighted by Crippen LogP contribution is 2.47. The van der Waals surface area contributed by atoms with E-state index in [4.69, 9.17) is 28.4 Å². The topological polar surface area (TPSA) is 108 Å². The fourth-order valence-electron chi connectivity index (χ4n) is 3.59. The number of hydrogen-bond acceptors (Lipinski definition) is 10. The van der Waals surface area contributed by atoms with Crippen molar-refractivity contribution in [3.8, 4) is 0 Å². The largest absolute Gasteiger partial charge is 0.443 e. The minimum absolute atomic E-state index is 0.269. The fraction of sp³-hybridized carbons (Fsp3) is 0.895. The van der Waals surface area contributed by atoms with Crippen LogP contribution in [0.1, 0.15) is 34.6 Å². The van der Waals surface area contributed by atoms with Gasteiger partial charge in [-0.3, -0.25) is 9.89 Å². The molecule has 3 heterocycles. The van der Waals surface area contributed by atoms with E-state index >= 15 is 0 Å². The second-order valence-electron chi connectivity index (χ2n) is 8.75. The van der Waals surface area contributed by atoms with E-state index in [1.54, 1.807) is 41.7 Å². The third kappa shape index (κ3) is 4.08. The van der Waals surface area contributed by atoms with Crippen molar-refractivity contribution < 1.29 is 38.3 Å². The Morgan fingerprint density at radius 2 is 1.77 bits per heavy atom. The predicted molar refractivity (Wildman–Crippen MR) is 109 cm³/mol. The molecule has 1 amide bonds. The van der Waals surface area contributed by atoms with Crippen LogP contribution in [-0.2, 0) is 28.4 Å². The van der Waals surface area contributed by atoms with Gasteiger partial charge >= 0.3 is 6.09 Å². The summed E-state index contributed by atoms with van der Waals surface area (Å²) in [5.41, 5.74) is -1.09. The molecular formula is C19H32N2O8S. The molecule has 2 saturated heterocycles. The van der Waals surface area contributed by atoms with E-state index in [-0.39, 0.29) is 6.61 Å². The van der Waals surface area contributed by atoms with Gasteiger partial charge in [0.15, 0.2) is 5.17 Å². The number of nitrogens with zero attached hydrogens (tertiary/aromatic N) is 2. The molecule has 0 aromatic rings. The third-order valence-corrected chi connectivity index (χ3v) is 6.77. The summed E-state index contributed by atoms with van der Waals surface area (Å²) >= 11 is 1.28. The van der Waals surface area contributed by atoms with E-state index in [9.17, 15) is 9.90 Å². The molecule has 3 rings (SSSR count). The van der Waals surface area contributed by atoms with Crippen molar-refractivity contribution in [3.05, 3.63) is 0 Å². The molecule has 0 aromatic carbocycles. The zero-order chi connectivity index (χ0) is 22.5. The first kappa shape index (κ1) is 23.7. The van der Waals surface area contributed by atoms with Crippen LogP contribution in [0.25, 0.3) is 0 Å². The molecular weight excluding hydrogens is 416 g/mol. The number of rotatable bonds is 3. The second kappa shape index (κ2) is 8.19. The lowest BCUT2D eigenvalue weighted by Crippen LogP contribution is -2.72. The summed E-state index contributed by atoms with van der Waals surface area (Å²) in [5.74, 6) is -2.44. The number of ether oxygens (including phenoxy) is 6. The Morgan fingerprint density at radius 3 is 2.27 bits per heavy atom. The highest BCUT2D eigenvalue weighted by molar-refractivity contribution is 8.14. The fourth-order valence-corrected chi connectivity index (χ4v) is 4.76. The molecule has 7 unspecified atom stereocenters. The number of aliphatic hydroxyl groups is 1. The summed E-state index contributed by atoms with van der Waals surface area (Å²) in [6.07, 6.45) is -2.38. The third-order valence-electron chi connectivity index (χ3n) is 5.56. The molecule has 0 radical (unpaired) electrons. The standard InChI is InChI=1S/C19H32N2O8S/c1-17(2,3)29-16(23)21(6)15-20-11-13-12(10(9-22)26-14(11)30-15)27-18(4,24-7)19(5,25-8)28-13/h10-14,22H,9H2,1-8H3. The van der Waals surface area contributed by atoms with Gasteiger partial charge < -0.3 is 33.5 Å². The van der Waals surface area contributed by atoms with Crippen LogP contribution in [0.3, 0.4) is 0 Å². The van der Waals surface area contributed by atoms with Gasteiger partial charge in [0.25, 0.3) is 0 Å². The van der Waals surface area contributed by atoms with Crippen LogP contribution in [-0.4, -0.2) is 96.1 Å². The summed E-state index contributed by atoms with van der Waals surface area (Å²) < 4.78 is 35.2. The van der Waals surface area contributed by atoms with Crippen molar-refractivity contribution in [3.63, 3.8) is 0 Å². The van der Waals surface area contributed by atoms with Crippen molar-refractivity contribution >= 4 is 23.0 Å². The lowest BCUT2D eigenvalue weighted by atomic mass is 9.93. The summed E-state index contributed by atoms with van der Waals surface area (Å²) in [5, 5.41) is 10.4. The van der Waals surface area contributed by atoms with Gasteiger partial charge in [-0.15, -0.1) is 0 Å². The van der Waals surface area contributed by atoms with Crippen LogP contribution in [0.4, 0.5) is 4.79 Å². The quantitative estimate of drug-likeness (QED) is 0.688. The van der Waals surface area contributed by atoms with Crippen molar-refractivity contribution in [1.29, 1.82) is 0 Å². The number of aliphatic imine (C=N–C) groups is 1. The van der Waals surface area contributed by atoms with Crippen molar-refractivity contribution in [1.82, 2.24) is 4.90 Å². The zero-order valence-electron chi connectivity index (χ0n) is 18.7. The van der Waals surface area contributed by atoms with E-state index in [1.165, 1.54) is 30.9 Å². The molecule has 11 heteroatoms. The molecule has 0 spiro atoms. The number of amidine groups is 1. The van der Waals surface area contributed by atoms with Crippen LogP contribution in [0.2, 0.25) is 0 Å². The number of aliphatic hydroxyl groups excluding tert-OH is 1. The van der Waals surface area contributed by atoms with Crippen LogP contribution in [0.5, 0.6) is 0 Å². The van der Waals surface area contributed by atoms with Gasteiger partial charge in [-0.25, -0.2) is 4.79 Å². The normalized spacial score (nSPS) is 41.0. The lowest BCUT2D eigenvalue weighted by molar-refractivity contribution is -0.463. The summed E-state index contributed by atoms with van der Waals surface area (Å²) in [6, 6.07) is -0.474. The predicted octanol–water partition coefficient (Wildman–Crippen LogP) is 1.55. The van der Waals surface area contributed by atoms with Crippen molar-refractivity contribution in [2.24, 2.45) is 4.99 Å². The van der Waals surface area contributed by atoms with Crippen LogP contribution < -0.4 is 0 Å². The average Bonchev–Trinajstić information content (AvgIpc) is 3.10. The molecule has 30 heavy (non-hydrogen) atoms. The minimum Gasteiger partial charge on any atom is -0.443 e. The van der Waals surface area contributed by atoms with Gasteiger partial charge in [0.2, 0.25) is 11.6 Å². The first-order valence-corrected chi connectivity index (χ1v) is 10.7. The zero-order valence-corrected chi connectivity index (χ0v) is 19.5. The number of thioether (sulfide) groups is 1. The molecule has 2 fully saturated rings. The number of hydrogen-bond donors (Lipinski definition) is 1. The van der Waals surface area contributed by atoms with Crippen LogP contribution in [0.15, 0.2) is 4.99 Å². The molecule has 3 aliphatic heterocycles. The van der Waals surface area contributed by atoms with Gasteiger partial charge in [-0.2, -0.15) is 0 Å². The number of methoxy groups -OCH3 is 2. The molecule has 0 aromatic heterocycles. The van der Waals surface area contributed by atoms with E-state index < -0.39 is 53.1 Å². The number of carbonyl (C=O) groups is 1. The summed E-state index contributed by atoms with van der Waals surface area (Å²) in [7, 11) is 4.60. The summed E-state index contributed by atoms with van der Waals surface area (Å²) in [4.78, 5) is 18.5. The summed E-state index contributed by atoms with van der Waals surface area (Å²) in [6.45, 7) is 8.56. The number of carbonyl (C=O) groups excluding carboxylic acids is 1. The smallest absolute Gasteiger partial charge is 0.416 e. The molecule has 3 aliphatic rings. The van der Waals surface area contributed by atoms with E-state index in [2.05, 4.69) is 4.99 Å².